The predicted octanol–water partition coefficient (Wildman–Crippen LogP) is 3.62. The van der Waals surface area contributed by atoms with Crippen LogP contribution in [0.4, 0.5) is 0 Å². The first-order valence-corrected chi connectivity index (χ1v) is 6.31. The fraction of sp³-hybridized carbons (Fsp3) is 0.267. The first-order valence-electron chi connectivity index (χ1n) is 6.31. The topological polar surface area (TPSA) is 75.1 Å². The highest BCUT2D eigenvalue weighted by Gasteiger charge is 2.13. The smallest absolute Gasteiger partial charge is 0.305 e. The van der Waals surface area contributed by atoms with Crippen molar-refractivity contribution in [1.29, 1.82) is 0 Å². The normalized spacial score (nSPS) is 11.7. The van der Waals surface area contributed by atoms with Gasteiger partial charge in [0, 0.05) is 4.91 Å². The van der Waals surface area contributed by atoms with Crippen molar-refractivity contribution < 1.29 is 9.53 Å². The molecule has 1 atom stereocenters. The van der Waals surface area contributed by atoms with Crippen LogP contribution < -0.4 is 0 Å². The van der Waals surface area contributed by atoms with Gasteiger partial charge < -0.3 is 4.74 Å². The summed E-state index contributed by atoms with van der Waals surface area (Å²) in [6.45, 7) is 0. The van der Waals surface area contributed by atoms with Gasteiger partial charge in [-0.1, -0.05) is 47.6 Å². The quantitative estimate of drug-likeness (QED) is 0.360. The van der Waals surface area contributed by atoms with Gasteiger partial charge in [0.15, 0.2) is 0 Å². The lowest BCUT2D eigenvalue weighted by Crippen LogP contribution is -2.15. The van der Waals surface area contributed by atoms with Gasteiger partial charge >= 0.3 is 5.97 Å². The Morgan fingerprint density at radius 2 is 2.05 bits per heavy atom. The van der Waals surface area contributed by atoms with Crippen molar-refractivity contribution in [2.75, 3.05) is 7.11 Å². The largest absolute Gasteiger partial charge is 0.469 e. The standard InChI is InChI=1S/C15H15N3O2/c1-20-15(19)10-14(17-18-16)9-11-6-7-12-4-2-3-5-13(12)8-11/h2-8,14H,9-10H2,1H3. The highest BCUT2D eigenvalue weighted by molar-refractivity contribution is 5.83. The van der Waals surface area contributed by atoms with Crippen molar-refractivity contribution in [3.05, 3.63) is 58.5 Å². The second-order valence-electron chi connectivity index (χ2n) is 4.52. The lowest BCUT2D eigenvalue weighted by molar-refractivity contribution is -0.140. The minimum absolute atomic E-state index is 0.0907. The zero-order valence-corrected chi connectivity index (χ0v) is 11.2. The van der Waals surface area contributed by atoms with Crippen molar-refractivity contribution in [3.63, 3.8) is 0 Å². The van der Waals surface area contributed by atoms with Crippen LogP contribution in [-0.2, 0) is 16.0 Å². The van der Waals surface area contributed by atoms with Crippen LogP contribution in [-0.4, -0.2) is 19.1 Å². The second-order valence-corrected chi connectivity index (χ2v) is 4.52. The number of hydrogen-bond acceptors (Lipinski definition) is 3. The van der Waals surface area contributed by atoms with Crippen molar-refractivity contribution in [1.82, 2.24) is 0 Å². The highest BCUT2D eigenvalue weighted by atomic mass is 16.5. The molecule has 0 amide bonds. The molecule has 0 radical (unpaired) electrons. The minimum Gasteiger partial charge on any atom is -0.469 e. The lowest BCUT2D eigenvalue weighted by atomic mass is 10.0. The van der Waals surface area contributed by atoms with Crippen LogP contribution in [0.25, 0.3) is 21.2 Å². The van der Waals surface area contributed by atoms with Gasteiger partial charge in [-0.15, -0.1) is 0 Å². The number of azide groups is 1. The van der Waals surface area contributed by atoms with Gasteiger partial charge in [-0.05, 0) is 28.3 Å². The number of esters is 1. The third-order valence-corrected chi connectivity index (χ3v) is 3.13. The molecule has 0 aromatic heterocycles. The van der Waals surface area contributed by atoms with Crippen molar-refractivity contribution in [2.45, 2.75) is 18.9 Å². The summed E-state index contributed by atoms with van der Waals surface area (Å²) < 4.78 is 4.61. The molecule has 0 fully saturated rings. The van der Waals surface area contributed by atoms with Crippen LogP contribution in [0, 0.1) is 0 Å². The molecule has 5 heteroatoms. The number of nitrogens with zero attached hydrogens (tertiary/aromatic N) is 3. The molecule has 5 nitrogen and oxygen atoms in total. The van der Waals surface area contributed by atoms with Gasteiger partial charge in [-0.25, -0.2) is 0 Å². The van der Waals surface area contributed by atoms with E-state index in [0.717, 1.165) is 16.3 Å². The number of hydrogen-bond donors (Lipinski definition) is 0. The number of fused-ring (bicyclic) bond motifs is 1. The van der Waals surface area contributed by atoms with Crippen molar-refractivity contribution in [3.8, 4) is 0 Å². The van der Waals surface area contributed by atoms with Gasteiger partial charge in [-0.3, -0.25) is 4.79 Å². The Morgan fingerprint density at radius 1 is 1.30 bits per heavy atom. The lowest BCUT2D eigenvalue weighted by Gasteiger charge is -2.10. The number of carbonyl (C=O) groups excluding carboxylic acids is 1. The molecule has 0 saturated heterocycles. The Morgan fingerprint density at radius 3 is 2.75 bits per heavy atom. The molecule has 20 heavy (non-hydrogen) atoms. The molecule has 102 valence electrons. The third-order valence-electron chi connectivity index (χ3n) is 3.13. The summed E-state index contributed by atoms with van der Waals surface area (Å²) in [5, 5.41) is 5.95. The Bertz CT molecular complexity index is 663. The summed E-state index contributed by atoms with van der Waals surface area (Å²) in [6.07, 6.45) is 0.609. The van der Waals surface area contributed by atoms with E-state index in [1.54, 1.807) is 0 Å². The van der Waals surface area contributed by atoms with E-state index in [-0.39, 0.29) is 12.4 Å². The van der Waals surface area contributed by atoms with Gasteiger partial charge in [0.05, 0.1) is 19.6 Å². The van der Waals surface area contributed by atoms with Crippen molar-refractivity contribution in [2.24, 2.45) is 5.11 Å². The maximum Gasteiger partial charge on any atom is 0.305 e. The highest BCUT2D eigenvalue weighted by Crippen LogP contribution is 2.18. The SMILES string of the molecule is COC(=O)CC(Cc1ccc2ccccc2c1)N=[N+]=[N-]. The van der Waals surface area contributed by atoms with Gasteiger partial charge in [0.1, 0.15) is 0 Å². The fourth-order valence-corrected chi connectivity index (χ4v) is 2.14. The van der Waals surface area contributed by atoms with Gasteiger partial charge in [0.25, 0.3) is 0 Å². The van der Waals surface area contributed by atoms with Crippen LogP contribution >= 0.6 is 0 Å². The summed E-state index contributed by atoms with van der Waals surface area (Å²) in [4.78, 5) is 14.1. The number of ether oxygens (including phenoxy) is 1. The van der Waals surface area contributed by atoms with Crippen LogP contribution in [0.5, 0.6) is 0 Å². The molecule has 0 aliphatic rings. The third kappa shape index (κ3) is 3.49. The molecule has 0 bridgehead atoms. The molecule has 0 aliphatic heterocycles. The van der Waals surface area contributed by atoms with Crippen LogP contribution in [0.1, 0.15) is 12.0 Å². The molecule has 0 saturated carbocycles. The number of methoxy groups -OCH3 is 1. The molecular weight excluding hydrogens is 254 g/mol. The van der Waals surface area contributed by atoms with Crippen molar-refractivity contribution >= 4 is 16.7 Å². The summed E-state index contributed by atoms with van der Waals surface area (Å²) in [7, 11) is 1.32. The molecular formula is C15H15N3O2. The van der Waals surface area contributed by atoms with E-state index in [9.17, 15) is 4.79 Å². The van der Waals surface area contributed by atoms with E-state index in [4.69, 9.17) is 5.53 Å². The fourth-order valence-electron chi connectivity index (χ4n) is 2.14. The zero-order valence-electron chi connectivity index (χ0n) is 11.2. The Kier molecular flexibility index (Phi) is 4.58. The molecule has 0 N–H and O–H groups in total. The number of benzene rings is 2. The summed E-state index contributed by atoms with van der Waals surface area (Å²) in [6, 6.07) is 13.7. The van der Waals surface area contributed by atoms with E-state index < -0.39 is 6.04 Å². The average Bonchev–Trinajstić information content (AvgIpc) is 2.47. The number of carbonyl (C=O) groups is 1. The van der Waals surface area contributed by atoms with Gasteiger partial charge in [-0.2, -0.15) is 0 Å². The maximum absolute atomic E-state index is 11.3. The van der Waals surface area contributed by atoms with E-state index in [2.05, 4.69) is 14.8 Å². The molecule has 1 unspecified atom stereocenters. The molecule has 2 rings (SSSR count). The summed E-state index contributed by atoms with van der Waals surface area (Å²) in [5.41, 5.74) is 9.61. The second kappa shape index (κ2) is 6.59. The van der Waals surface area contributed by atoms with E-state index in [1.807, 2.05) is 42.5 Å². The van der Waals surface area contributed by atoms with Crippen LogP contribution in [0.3, 0.4) is 0 Å². The zero-order chi connectivity index (χ0) is 14.4. The van der Waals surface area contributed by atoms with Crippen LogP contribution in [0.2, 0.25) is 0 Å². The van der Waals surface area contributed by atoms with E-state index in [0.29, 0.717) is 6.42 Å². The molecule has 0 spiro atoms. The Hall–Kier alpha value is -2.52. The van der Waals surface area contributed by atoms with E-state index in [1.165, 1.54) is 7.11 Å². The molecule has 0 aliphatic carbocycles. The molecule has 2 aromatic rings. The number of rotatable bonds is 5. The van der Waals surface area contributed by atoms with Crippen LogP contribution in [0.15, 0.2) is 47.6 Å². The first-order chi connectivity index (χ1) is 9.72. The average molecular weight is 269 g/mol. The first kappa shape index (κ1) is 13.9. The Labute approximate surface area is 116 Å². The van der Waals surface area contributed by atoms with E-state index >= 15 is 0 Å². The molecule has 0 heterocycles. The monoisotopic (exact) mass is 269 g/mol. The predicted molar refractivity (Wildman–Crippen MR) is 77.2 cm³/mol. The molecule has 2 aromatic carbocycles. The Balaban J connectivity index is 2.19. The summed E-state index contributed by atoms with van der Waals surface area (Å²) >= 11 is 0. The summed E-state index contributed by atoms with van der Waals surface area (Å²) in [5.74, 6) is -0.372. The minimum atomic E-state index is -0.423. The van der Waals surface area contributed by atoms with Gasteiger partial charge in [0.2, 0.25) is 0 Å². The maximum atomic E-state index is 11.3.